The van der Waals surface area contributed by atoms with Crippen LogP contribution in [0.3, 0.4) is 0 Å². The molecule has 1 amide bonds. The van der Waals surface area contributed by atoms with Crippen LogP contribution in [0.25, 0.3) is 22.2 Å². The number of rotatable bonds is 3. The minimum atomic E-state index is 0.0417. The van der Waals surface area contributed by atoms with Crippen molar-refractivity contribution in [1.82, 2.24) is 24.8 Å². The number of anilines is 1. The number of carbonyl (C=O) groups is 1. The Morgan fingerprint density at radius 2 is 1.89 bits per heavy atom. The molecule has 1 fully saturated rings. The van der Waals surface area contributed by atoms with Gasteiger partial charge in [-0.15, -0.1) is 0 Å². The Balaban J connectivity index is 1.54. The molecule has 1 aliphatic rings. The Bertz CT molecular complexity index is 946. The Hall–Kier alpha value is -2.93. The number of likely N-dealkylation sites (tertiary alicyclic amines) is 1. The number of hydrogen-bond donors (Lipinski definition) is 1. The summed E-state index contributed by atoms with van der Waals surface area (Å²) in [5, 5.41) is 4.86. The maximum Gasteiger partial charge on any atom is 0.228 e. The number of carbonyl (C=O) groups excluding carboxylic acids is 1. The molecule has 3 aromatic heterocycles. The van der Waals surface area contributed by atoms with E-state index in [1.54, 1.807) is 31.0 Å². The number of aromatic nitrogens is 4. The number of fused-ring (bicyclic) bond motifs is 1. The summed E-state index contributed by atoms with van der Waals surface area (Å²) in [5.41, 5.74) is 1.45. The second-order valence-corrected chi connectivity index (χ2v) is 7.00. The molecule has 0 saturated carbocycles. The normalized spacial score (nSPS) is 18.2. The molecule has 1 atom stereocenters. The number of hydrogen-bond acceptors (Lipinski definition) is 6. The summed E-state index contributed by atoms with van der Waals surface area (Å²) in [5.74, 6) is 0.668. The van der Waals surface area contributed by atoms with Crippen LogP contribution in [0.2, 0.25) is 0 Å². The van der Waals surface area contributed by atoms with Gasteiger partial charge in [0.1, 0.15) is 11.5 Å². The second-order valence-electron chi connectivity index (χ2n) is 7.00. The molecule has 0 radical (unpaired) electrons. The molecule has 27 heavy (non-hydrogen) atoms. The zero-order valence-electron chi connectivity index (χ0n) is 15.3. The molecule has 4 rings (SSSR count). The lowest BCUT2D eigenvalue weighted by atomic mass is 10.00. The molecule has 0 spiro atoms. The highest BCUT2D eigenvalue weighted by atomic mass is 16.1. The van der Waals surface area contributed by atoms with Crippen molar-refractivity contribution in [3.8, 4) is 11.4 Å². The van der Waals surface area contributed by atoms with Gasteiger partial charge in [-0.1, -0.05) is 0 Å². The van der Waals surface area contributed by atoms with Crippen molar-refractivity contribution in [3.05, 3.63) is 43.1 Å². The molecule has 3 aromatic rings. The van der Waals surface area contributed by atoms with Crippen LogP contribution in [0, 0.1) is 5.92 Å². The van der Waals surface area contributed by atoms with Gasteiger partial charge >= 0.3 is 0 Å². The predicted octanol–water partition coefficient (Wildman–Crippen LogP) is 2.76. The Kier molecular flexibility index (Phi) is 5.02. The van der Waals surface area contributed by atoms with Crippen LogP contribution in [0.1, 0.15) is 19.3 Å². The average molecular weight is 362 g/mol. The Labute approximate surface area is 157 Å². The first-order chi connectivity index (χ1) is 13.2. The SMILES string of the molecule is CN1CCCC(C(=O)Nc2cc3cc(-c4cnccn4)ncc3cn2)CC1. The fourth-order valence-corrected chi connectivity index (χ4v) is 3.41. The molecule has 4 heterocycles. The molecular formula is C20H22N6O. The van der Waals surface area contributed by atoms with Gasteiger partial charge in [-0.3, -0.25) is 19.7 Å². The van der Waals surface area contributed by atoms with Crippen LogP contribution >= 0.6 is 0 Å². The van der Waals surface area contributed by atoms with Crippen molar-refractivity contribution in [2.75, 3.05) is 25.5 Å². The summed E-state index contributed by atoms with van der Waals surface area (Å²) >= 11 is 0. The van der Waals surface area contributed by atoms with Crippen LogP contribution in [0.5, 0.6) is 0 Å². The first-order valence-corrected chi connectivity index (χ1v) is 9.20. The molecular weight excluding hydrogens is 340 g/mol. The molecule has 0 bridgehead atoms. The molecule has 1 saturated heterocycles. The minimum Gasteiger partial charge on any atom is -0.310 e. The predicted molar refractivity (Wildman–Crippen MR) is 104 cm³/mol. The summed E-state index contributed by atoms with van der Waals surface area (Å²) in [6, 6.07) is 3.83. The number of nitrogens with zero attached hydrogens (tertiary/aromatic N) is 5. The smallest absolute Gasteiger partial charge is 0.228 e. The van der Waals surface area contributed by atoms with E-state index in [4.69, 9.17) is 0 Å². The van der Waals surface area contributed by atoms with Gasteiger partial charge in [0.25, 0.3) is 0 Å². The van der Waals surface area contributed by atoms with E-state index >= 15 is 0 Å². The van der Waals surface area contributed by atoms with Gasteiger partial charge in [0.2, 0.25) is 5.91 Å². The summed E-state index contributed by atoms with van der Waals surface area (Å²) < 4.78 is 0. The monoisotopic (exact) mass is 362 g/mol. The molecule has 7 nitrogen and oxygen atoms in total. The first-order valence-electron chi connectivity index (χ1n) is 9.20. The fourth-order valence-electron chi connectivity index (χ4n) is 3.41. The highest BCUT2D eigenvalue weighted by Gasteiger charge is 2.22. The summed E-state index contributed by atoms with van der Waals surface area (Å²) in [4.78, 5) is 32.1. The van der Waals surface area contributed by atoms with E-state index in [9.17, 15) is 4.79 Å². The van der Waals surface area contributed by atoms with Gasteiger partial charge in [0, 0.05) is 36.1 Å². The third kappa shape index (κ3) is 4.09. The van der Waals surface area contributed by atoms with Crippen molar-refractivity contribution >= 4 is 22.5 Å². The lowest BCUT2D eigenvalue weighted by Crippen LogP contribution is -2.25. The quantitative estimate of drug-likeness (QED) is 0.771. The zero-order chi connectivity index (χ0) is 18.6. The highest BCUT2D eigenvalue weighted by molar-refractivity contribution is 5.94. The Morgan fingerprint density at radius 1 is 1.00 bits per heavy atom. The standard InChI is InChI=1S/C20H22N6O/c1-26-7-2-3-14(4-8-26)20(27)25-19-10-15-9-17(18-13-21-5-6-22-18)23-11-16(15)12-24-19/h5-6,9-14H,2-4,7-8H2,1H3,(H,24,25,27). The van der Waals surface area contributed by atoms with Crippen molar-refractivity contribution in [1.29, 1.82) is 0 Å². The highest BCUT2D eigenvalue weighted by Crippen LogP contribution is 2.23. The molecule has 1 N–H and O–H groups in total. The minimum absolute atomic E-state index is 0.0417. The third-order valence-corrected chi connectivity index (χ3v) is 5.00. The van der Waals surface area contributed by atoms with E-state index in [-0.39, 0.29) is 11.8 Å². The molecule has 138 valence electrons. The largest absolute Gasteiger partial charge is 0.310 e. The summed E-state index contributed by atoms with van der Waals surface area (Å²) in [6.45, 7) is 2.01. The summed E-state index contributed by atoms with van der Waals surface area (Å²) in [7, 11) is 2.11. The third-order valence-electron chi connectivity index (χ3n) is 5.00. The van der Waals surface area contributed by atoms with Crippen molar-refractivity contribution in [3.63, 3.8) is 0 Å². The topological polar surface area (TPSA) is 83.9 Å². The molecule has 7 heteroatoms. The van der Waals surface area contributed by atoms with Gasteiger partial charge < -0.3 is 10.2 Å². The van der Waals surface area contributed by atoms with Crippen LogP contribution in [-0.2, 0) is 4.79 Å². The number of nitrogens with one attached hydrogen (secondary N) is 1. The van der Waals surface area contributed by atoms with E-state index < -0.39 is 0 Å². The lowest BCUT2D eigenvalue weighted by Gasteiger charge is -2.15. The van der Waals surface area contributed by atoms with Crippen LogP contribution < -0.4 is 5.32 Å². The summed E-state index contributed by atoms with van der Waals surface area (Å²) in [6.07, 6.45) is 11.3. The maximum absolute atomic E-state index is 12.7. The maximum atomic E-state index is 12.7. The van der Waals surface area contributed by atoms with E-state index in [2.05, 4.69) is 37.2 Å². The van der Waals surface area contributed by atoms with Gasteiger partial charge in [-0.25, -0.2) is 4.98 Å². The number of pyridine rings is 2. The van der Waals surface area contributed by atoms with Gasteiger partial charge in [-0.2, -0.15) is 0 Å². The fraction of sp³-hybridized carbons (Fsp3) is 0.350. The second kappa shape index (κ2) is 7.75. The van der Waals surface area contributed by atoms with Crippen LogP contribution in [0.4, 0.5) is 5.82 Å². The Morgan fingerprint density at radius 3 is 2.74 bits per heavy atom. The van der Waals surface area contributed by atoms with E-state index in [0.717, 1.165) is 48.8 Å². The van der Waals surface area contributed by atoms with Crippen molar-refractivity contribution in [2.24, 2.45) is 5.92 Å². The number of amides is 1. The zero-order valence-corrected chi connectivity index (χ0v) is 15.3. The van der Waals surface area contributed by atoms with Gasteiger partial charge in [-0.05, 0) is 56.9 Å². The van der Waals surface area contributed by atoms with Gasteiger partial charge in [0.15, 0.2) is 0 Å². The molecule has 0 aliphatic carbocycles. The average Bonchev–Trinajstić information content (AvgIpc) is 2.92. The lowest BCUT2D eigenvalue weighted by molar-refractivity contribution is -0.120. The van der Waals surface area contributed by atoms with Gasteiger partial charge in [0.05, 0.1) is 11.9 Å². The molecule has 0 aromatic carbocycles. The van der Waals surface area contributed by atoms with Crippen molar-refractivity contribution < 1.29 is 4.79 Å². The first kappa shape index (κ1) is 17.5. The van der Waals surface area contributed by atoms with E-state index in [0.29, 0.717) is 11.5 Å². The van der Waals surface area contributed by atoms with Crippen molar-refractivity contribution in [2.45, 2.75) is 19.3 Å². The van der Waals surface area contributed by atoms with E-state index in [1.165, 1.54) is 0 Å². The van der Waals surface area contributed by atoms with Crippen LogP contribution in [-0.4, -0.2) is 50.9 Å². The van der Waals surface area contributed by atoms with E-state index in [1.807, 2.05) is 12.1 Å². The molecule has 1 unspecified atom stereocenters. The van der Waals surface area contributed by atoms with Crippen LogP contribution in [0.15, 0.2) is 43.1 Å². The molecule has 1 aliphatic heterocycles.